The summed E-state index contributed by atoms with van der Waals surface area (Å²) >= 11 is 1.32. The van der Waals surface area contributed by atoms with Gasteiger partial charge in [-0.15, -0.1) is 0 Å². The van der Waals surface area contributed by atoms with Gasteiger partial charge in [-0.05, 0) is 44.0 Å². The number of amides is 1. The van der Waals surface area contributed by atoms with Gasteiger partial charge < -0.3 is 9.73 Å². The van der Waals surface area contributed by atoms with Gasteiger partial charge in [0.25, 0.3) is 5.56 Å². The molecule has 1 fully saturated rings. The highest BCUT2D eigenvalue weighted by Gasteiger charge is 2.30. The van der Waals surface area contributed by atoms with Crippen LogP contribution in [0.4, 0.5) is 0 Å². The van der Waals surface area contributed by atoms with Crippen LogP contribution in [0.5, 0.6) is 0 Å². The van der Waals surface area contributed by atoms with Crippen molar-refractivity contribution < 1.29 is 9.21 Å². The molecule has 6 nitrogen and oxygen atoms in total. The Balaban J connectivity index is 1.56. The van der Waals surface area contributed by atoms with Gasteiger partial charge in [-0.1, -0.05) is 23.9 Å². The molecule has 26 heavy (non-hydrogen) atoms. The van der Waals surface area contributed by atoms with E-state index in [0.717, 1.165) is 12.8 Å². The van der Waals surface area contributed by atoms with Crippen LogP contribution in [-0.4, -0.2) is 20.7 Å². The van der Waals surface area contributed by atoms with Gasteiger partial charge in [-0.3, -0.25) is 14.2 Å². The van der Waals surface area contributed by atoms with Crippen molar-refractivity contribution in [1.82, 2.24) is 14.9 Å². The van der Waals surface area contributed by atoms with Gasteiger partial charge in [0.05, 0.1) is 29.0 Å². The fraction of sp³-hybridized carbons (Fsp3) is 0.316. The van der Waals surface area contributed by atoms with Crippen LogP contribution in [0.25, 0.3) is 10.9 Å². The van der Waals surface area contributed by atoms with E-state index in [2.05, 4.69) is 10.3 Å². The second kappa shape index (κ2) is 6.99. The highest BCUT2D eigenvalue weighted by atomic mass is 32.2. The highest BCUT2D eigenvalue weighted by molar-refractivity contribution is 8.00. The maximum Gasteiger partial charge on any atom is 0.262 e. The average molecular weight is 369 g/mol. The maximum atomic E-state index is 12.9. The van der Waals surface area contributed by atoms with Crippen LogP contribution in [0.15, 0.2) is 57.0 Å². The van der Waals surface area contributed by atoms with Crippen molar-refractivity contribution in [3.63, 3.8) is 0 Å². The van der Waals surface area contributed by atoms with Crippen molar-refractivity contribution in [3.8, 4) is 0 Å². The number of para-hydroxylation sites is 1. The molecule has 1 aromatic carbocycles. The molecule has 0 saturated heterocycles. The number of rotatable bonds is 6. The lowest BCUT2D eigenvalue weighted by molar-refractivity contribution is -0.120. The van der Waals surface area contributed by atoms with E-state index in [1.54, 1.807) is 23.0 Å². The number of carbonyl (C=O) groups excluding carboxylic acids is 1. The number of nitrogens with one attached hydrogen (secondary N) is 1. The average Bonchev–Trinajstić information content (AvgIpc) is 3.33. The van der Waals surface area contributed by atoms with E-state index in [-0.39, 0.29) is 22.8 Å². The Kier molecular flexibility index (Phi) is 4.55. The van der Waals surface area contributed by atoms with E-state index in [9.17, 15) is 9.59 Å². The SMILES string of the molecule is CC(Sc1nc2ccccc2c(=O)n1C1CC1)C(=O)NCc1ccco1. The van der Waals surface area contributed by atoms with Crippen molar-refractivity contribution in [3.05, 3.63) is 58.8 Å². The van der Waals surface area contributed by atoms with Crippen molar-refractivity contribution in [2.75, 3.05) is 0 Å². The first-order chi connectivity index (χ1) is 12.6. The Bertz CT molecular complexity index is 993. The number of hydrogen-bond acceptors (Lipinski definition) is 5. The predicted octanol–water partition coefficient (Wildman–Crippen LogP) is 3.12. The van der Waals surface area contributed by atoms with Crippen LogP contribution in [0.3, 0.4) is 0 Å². The van der Waals surface area contributed by atoms with Crippen LogP contribution in [0.1, 0.15) is 31.6 Å². The third-order valence-electron chi connectivity index (χ3n) is 4.36. The Hall–Kier alpha value is -2.54. The zero-order valence-corrected chi connectivity index (χ0v) is 15.2. The summed E-state index contributed by atoms with van der Waals surface area (Å²) in [6.45, 7) is 2.16. The normalized spacial score (nSPS) is 15.1. The number of furan rings is 1. The molecule has 134 valence electrons. The second-order valence-corrected chi connectivity index (χ2v) is 7.68. The van der Waals surface area contributed by atoms with Gasteiger partial charge in [0.1, 0.15) is 5.76 Å². The molecule has 3 aromatic rings. The molecule has 1 atom stereocenters. The molecule has 0 radical (unpaired) electrons. The maximum absolute atomic E-state index is 12.9. The zero-order valence-electron chi connectivity index (χ0n) is 14.3. The molecule has 1 N–H and O–H groups in total. The lowest BCUT2D eigenvalue weighted by Gasteiger charge is -2.15. The number of thioether (sulfide) groups is 1. The Labute approximate surface area is 154 Å². The largest absolute Gasteiger partial charge is 0.467 e. The smallest absolute Gasteiger partial charge is 0.262 e. The summed E-state index contributed by atoms with van der Waals surface area (Å²) in [6, 6.07) is 11.1. The number of aromatic nitrogens is 2. The lowest BCUT2D eigenvalue weighted by Crippen LogP contribution is -2.31. The Morgan fingerprint density at radius 2 is 2.15 bits per heavy atom. The first-order valence-corrected chi connectivity index (χ1v) is 9.49. The van der Waals surface area contributed by atoms with E-state index in [1.165, 1.54) is 11.8 Å². The summed E-state index contributed by atoms with van der Waals surface area (Å²) in [5.74, 6) is 0.588. The molecule has 7 heteroatoms. The van der Waals surface area contributed by atoms with Crippen LogP contribution < -0.4 is 10.9 Å². The zero-order chi connectivity index (χ0) is 18.1. The van der Waals surface area contributed by atoms with Gasteiger partial charge >= 0.3 is 0 Å². The molecule has 2 aromatic heterocycles. The van der Waals surface area contributed by atoms with Gasteiger partial charge in [0, 0.05) is 6.04 Å². The van der Waals surface area contributed by atoms with Crippen LogP contribution >= 0.6 is 11.8 Å². The van der Waals surface area contributed by atoms with Crippen molar-refractivity contribution in [2.24, 2.45) is 0 Å². The predicted molar refractivity (Wildman–Crippen MR) is 100 cm³/mol. The van der Waals surface area contributed by atoms with Gasteiger partial charge in [0.15, 0.2) is 5.16 Å². The quantitative estimate of drug-likeness (QED) is 0.534. The molecule has 4 rings (SSSR count). The third kappa shape index (κ3) is 3.39. The highest BCUT2D eigenvalue weighted by Crippen LogP contribution is 2.37. The topological polar surface area (TPSA) is 77.1 Å². The summed E-state index contributed by atoms with van der Waals surface area (Å²) in [5.41, 5.74) is 0.642. The summed E-state index contributed by atoms with van der Waals surface area (Å²) in [6.07, 6.45) is 3.53. The molecule has 0 spiro atoms. The van der Waals surface area contributed by atoms with E-state index < -0.39 is 0 Å². The van der Waals surface area contributed by atoms with Crippen LogP contribution in [0.2, 0.25) is 0 Å². The molecular formula is C19H19N3O3S. The second-order valence-electron chi connectivity index (χ2n) is 6.38. The summed E-state index contributed by atoms with van der Waals surface area (Å²) in [4.78, 5) is 29.9. The number of carbonyl (C=O) groups is 1. The number of nitrogens with zero attached hydrogens (tertiary/aromatic N) is 2. The van der Waals surface area contributed by atoms with Crippen LogP contribution in [0, 0.1) is 0 Å². The Morgan fingerprint density at radius 1 is 1.35 bits per heavy atom. The Morgan fingerprint density at radius 3 is 2.88 bits per heavy atom. The number of benzene rings is 1. The van der Waals surface area contributed by atoms with Crippen LogP contribution in [-0.2, 0) is 11.3 Å². The molecular weight excluding hydrogens is 350 g/mol. The van der Waals surface area contributed by atoms with Gasteiger partial charge in [-0.25, -0.2) is 4.98 Å². The fourth-order valence-corrected chi connectivity index (χ4v) is 3.81. The fourth-order valence-electron chi connectivity index (χ4n) is 2.81. The third-order valence-corrected chi connectivity index (χ3v) is 5.42. The molecule has 1 aliphatic carbocycles. The molecule has 1 saturated carbocycles. The van der Waals surface area contributed by atoms with E-state index in [4.69, 9.17) is 4.42 Å². The number of fused-ring (bicyclic) bond motifs is 1. The molecule has 1 aliphatic rings. The minimum absolute atomic E-state index is 0.0243. The molecule has 2 heterocycles. The van der Waals surface area contributed by atoms with Crippen molar-refractivity contribution >= 4 is 28.6 Å². The minimum Gasteiger partial charge on any atom is -0.467 e. The standard InChI is InChI=1S/C19H19N3O3S/c1-12(17(23)20-11-14-5-4-10-25-14)26-19-21-16-7-3-2-6-15(16)18(24)22(19)13-8-9-13/h2-7,10,12-13H,8-9,11H2,1H3,(H,20,23). The molecule has 0 bridgehead atoms. The molecule has 1 amide bonds. The number of hydrogen-bond donors (Lipinski definition) is 1. The lowest BCUT2D eigenvalue weighted by atomic mass is 10.2. The monoisotopic (exact) mass is 369 g/mol. The van der Waals surface area contributed by atoms with E-state index in [1.807, 2.05) is 31.2 Å². The van der Waals surface area contributed by atoms with Crippen molar-refractivity contribution in [1.29, 1.82) is 0 Å². The van der Waals surface area contributed by atoms with Gasteiger partial charge in [0.2, 0.25) is 5.91 Å². The first-order valence-electron chi connectivity index (χ1n) is 8.61. The summed E-state index contributed by atoms with van der Waals surface area (Å²) in [7, 11) is 0. The molecule has 1 unspecified atom stereocenters. The first kappa shape index (κ1) is 16.9. The summed E-state index contributed by atoms with van der Waals surface area (Å²) < 4.78 is 6.98. The van der Waals surface area contributed by atoms with E-state index >= 15 is 0 Å². The van der Waals surface area contributed by atoms with Crippen molar-refractivity contribution in [2.45, 2.75) is 42.8 Å². The molecule has 0 aliphatic heterocycles. The van der Waals surface area contributed by atoms with Gasteiger partial charge in [-0.2, -0.15) is 0 Å². The minimum atomic E-state index is -0.372. The summed E-state index contributed by atoms with van der Waals surface area (Å²) in [5, 5.41) is 3.71. The van der Waals surface area contributed by atoms with E-state index in [0.29, 0.717) is 28.4 Å².